The molecule has 2 aromatic rings. The Hall–Kier alpha value is -2.15. The Morgan fingerprint density at radius 3 is 2.44 bits per heavy atom. The van der Waals surface area contributed by atoms with Crippen LogP contribution >= 0.6 is 7.82 Å². The van der Waals surface area contributed by atoms with Crippen LogP contribution < -0.4 is 5.73 Å². The molecule has 36 heavy (non-hydrogen) atoms. The Balaban J connectivity index is 1.41. The van der Waals surface area contributed by atoms with Crippen molar-refractivity contribution in [1.29, 1.82) is 0 Å². The Morgan fingerprint density at radius 1 is 1.08 bits per heavy atom. The number of carbonyl (C=O) groups excluding carboxylic acids is 1. The van der Waals surface area contributed by atoms with E-state index in [2.05, 4.69) is 26.4 Å². The van der Waals surface area contributed by atoms with E-state index in [-0.39, 0.29) is 17.9 Å². The van der Waals surface area contributed by atoms with Crippen LogP contribution in [0, 0.1) is 0 Å². The summed E-state index contributed by atoms with van der Waals surface area (Å²) in [6, 6.07) is 0. The zero-order valence-corrected chi connectivity index (χ0v) is 21.3. The lowest BCUT2D eigenvalue weighted by Gasteiger charge is -2.17. The standard InChI is InChI=1S/C22H36N5O8P/c1-2-3-4-5-6-7-8-9-10-11-16(28)35-36(31,32)33-12-15-18(29)19(30)22(34-15)27-14-26-17-20(23)24-13-25-21(17)27/h13-15,18-19,22,29-30H,2-12H2,1H3,(H,31,32)(H2,23,24,25)/t15-,18?,19?,22-/m1/s1. The summed E-state index contributed by atoms with van der Waals surface area (Å²) < 4.78 is 28.7. The van der Waals surface area contributed by atoms with Crippen LogP contribution in [0.3, 0.4) is 0 Å². The minimum absolute atomic E-state index is 0.00573. The fraction of sp³-hybridized carbons (Fsp3) is 0.727. The molecule has 1 saturated heterocycles. The predicted octanol–water partition coefficient (Wildman–Crippen LogP) is 2.61. The molecule has 3 rings (SSSR count). The molecule has 0 aromatic carbocycles. The number of fused-ring (bicyclic) bond motifs is 1. The summed E-state index contributed by atoms with van der Waals surface area (Å²) in [4.78, 5) is 33.9. The molecule has 0 saturated carbocycles. The molecule has 1 fully saturated rings. The van der Waals surface area contributed by atoms with Gasteiger partial charge in [-0.25, -0.2) is 19.5 Å². The predicted molar refractivity (Wildman–Crippen MR) is 129 cm³/mol. The highest BCUT2D eigenvalue weighted by molar-refractivity contribution is 7.48. The molecule has 5 atom stereocenters. The number of ether oxygens (including phenoxy) is 1. The molecule has 0 bridgehead atoms. The van der Waals surface area contributed by atoms with Crippen molar-refractivity contribution in [3.63, 3.8) is 0 Å². The minimum atomic E-state index is -4.73. The van der Waals surface area contributed by atoms with Crippen molar-refractivity contribution in [1.82, 2.24) is 19.5 Å². The summed E-state index contributed by atoms with van der Waals surface area (Å²) in [5, 5.41) is 20.8. The van der Waals surface area contributed by atoms with E-state index in [1.807, 2.05) is 0 Å². The second-order valence-corrected chi connectivity index (χ2v) is 10.3. The van der Waals surface area contributed by atoms with Gasteiger partial charge in [0.05, 0.1) is 12.9 Å². The molecular formula is C22H36N5O8P. The number of phosphoric ester groups is 1. The van der Waals surface area contributed by atoms with E-state index >= 15 is 0 Å². The number of aliphatic hydroxyl groups excluding tert-OH is 2. The van der Waals surface area contributed by atoms with E-state index < -0.39 is 44.9 Å². The summed E-state index contributed by atoms with van der Waals surface area (Å²) in [6.45, 7) is 1.58. The normalized spacial score (nSPS) is 23.7. The Labute approximate surface area is 209 Å². The van der Waals surface area contributed by atoms with Crippen LogP contribution in [0.1, 0.15) is 77.4 Å². The molecule has 3 unspecified atom stereocenters. The lowest BCUT2D eigenvalue weighted by Crippen LogP contribution is -2.33. The molecule has 3 heterocycles. The van der Waals surface area contributed by atoms with Gasteiger partial charge in [-0.05, 0) is 6.42 Å². The molecule has 1 aliphatic heterocycles. The van der Waals surface area contributed by atoms with Crippen LogP contribution in [-0.2, 0) is 23.1 Å². The van der Waals surface area contributed by atoms with Crippen molar-refractivity contribution in [3.8, 4) is 0 Å². The van der Waals surface area contributed by atoms with Gasteiger partial charge in [-0.1, -0.05) is 58.3 Å². The van der Waals surface area contributed by atoms with Gasteiger partial charge >= 0.3 is 13.8 Å². The quantitative estimate of drug-likeness (QED) is 0.195. The second kappa shape index (κ2) is 13.4. The number of nitrogens with zero attached hydrogens (tertiary/aromatic N) is 4. The largest absolute Gasteiger partial charge is 0.529 e. The summed E-state index contributed by atoms with van der Waals surface area (Å²) in [6.07, 6.45) is 7.00. The van der Waals surface area contributed by atoms with Gasteiger partial charge in [0.2, 0.25) is 0 Å². The Morgan fingerprint density at radius 2 is 1.75 bits per heavy atom. The highest BCUT2D eigenvalue weighted by Gasteiger charge is 2.45. The number of hydrogen-bond acceptors (Lipinski definition) is 11. The number of imidazole rings is 1. The molecular weight excluding hydrogens is 493 g/mol. The number of phosphoric acid groups is 1. The molecule has 2 aromatic heterocycles. The number of hydrogen-bond donors (Lipinski definition) is 4. The van der Waals surface area contributed by atoms with Gasteiger partial charge in [0.25, 0.3) is 0 Å². The lowest BCUT2D eigenvalue weighted by atomic mass is 10.1. The maximum Gasteiger partial charge on any atom is 0.529 e. The molecule has 14 heteroatoms. The van der Waals surface area contributed by atoms with E-state index in [0.717, 1.165) is 19.3 Å². The first-order chi connectivity index (χ1) is 17.2. The molecule has 0 aliphatic carbocycles. The fourth-order valence-corrected chi connectivity index (χ4v) is 4.84. The summed E-state index contributed by atoms with van der Waals surface area (Å²) >= 11 is 0. The molecule has 0 spiro atoms. The number of nitrogens with two attached hydrogens (primary N) is 1. The van der Waals surface area contributed by atoms with Gasteiger partial charge in [0.1, 0.15) is 30.2 Å². The highest BCUT2D eigenvalue weighted by Crippen LogP contribution is 2.45. The third-order valence-electron chi connectivity index (χ3n) is 6.10. The van der Waals surface area contributed by atoms with E-state index in [9.17, 15) is 24.5 Å². The van der Waals surface area contributed by atoms with Crippen LogP contribution in [0.5, 0.6) is 0 Å². The van der Waals surface area contributed by atoms with E-state index in [4.69, 9.17) is 15.0 Å². The van der Waals surface area contributed by atoms with Gasteiger partial charge < -0.3 is 25.2 Å². The molecule has 0 radical (unpaired) electrons. The van der Waals surface area contributed by atoms with Crippen molar-refractivity contribution in [3.05, 3.63) is 12.7 Å². The van der Waals surface area contributed by atoms with Crippen molar-refractivity contribution in [2.75, 3.05) is 12.3 Å². The smallest absolute Gasteiger partial charge is 0.387 e. The van der Waals surface area contributed by atoms with Crippen molar-refractivity contribution < 1.29 is 38.3 Å². The molecule has 1 aliphatic rings. The van der Waals surface area contributed by atoms with Crippen molar-refractivity contribution in [2.24, 2.45) is 0 Å². The van der Waals surface area contributed by atoms with Crippen LogP contribution in [0.15, 0.2) is 12.7 Å². The molecule has 5 N–H and O–H groups in total. The van der Waals surface area contributed by atoms with Crippen LogP contribution in [0.25, 0.3) is 11.2 Å². The number of carbonyl (C=O) groups is 1. The second-order valence-electron chi connectivity index (χ2n) is 8.94. The van der Waals surface area contributed by atoms with E-state index in [1.165, 1.54) is 49.3 Å². The number of aliphatic hydroxyl groups is 2. The van der Waals surface area contributed by atoms with Crippen molar-refractivity contribution >= 4 is 30.8 Å². The van der Waals surface area contributed by atoms with Crippen molar-refractivity contribution in [2.45, 2.75) is 95.7 Å². The summed E-state index contributed by atoms with van der Waals surface area (Å²) in [5.74, 6) is -0.700. The monoisotopic (exact) mass is 529 g/mol. The first-order valence-corrected chi connectivity index (χ1v) is 13.9. The average Bonchev–Trinajstić information content (AvgIpc) is 3.38. The van der Waals surface area contributed by atoms with Gasteiger partial charge in [-0.15, -0.1) is 0 Å². The number of unbranched alkanes of at least 4 members (excludes halogenated alkanes) is 8. The van der Waals surface area contributed by atoms with E-state index in [0.29, 0.717) is 11.9 Å². The van der Waals surface area contributed by atoms with Crippen LogP contribution in [-0.4, -0.2) is 65.5 Å². The average molecular weight is 530 g/mol. The van der Waals surface area contributed by atoms with Gasteiger partial charge in [0.15, 0.2) is 17.7 Å². The topological polar surface area (TPSA) is 192 Å². The molecule has 13 nitrogen and oxygen atoms in total. The maximum atomic E-state index is 12.2. The first-order valence-electron chi connectivity index (χ1n) is 12.4. The number of rotatable bonds is 15. The fourth-order valence-electron chi connectivity index (χ4n) is 4.10. The lowest BCUT2D eigenvalue weighted by molar-refractivity contribution is -0.136. The maximum absolute atomic E-state index is 12.2. The Bertz CT molecular complexity index is 1040. The zero-order valence-electron chi connectivity index (χ0n) is 20.4. The zero-order chi connectivity index (χ0) is 26.1. The Kier molecular flexibility index (Phi) is 10.6. The SMILES string of the molecule is CCCCCCCCCCCC(=O)OP(=O)(O)OC[C@H]1O[C@@H](n2cnc3c(N)ncnc32)C(O)C1O. The first kappa shape index (κ1) is 28.4. The van der Waals surface area contributed by atoms with E-state index in [1.54, 1.807) is 0 Å². The molecule has 202 valence electrons. The minimum Gasteiger partial charge on any atom is -0.387 e. The summed E-state index contributed by atoms with van der Waals surface area (Å²) in [5.41, 5.74) is 6.33. The highest BCUT2D eigenvalue weighted by atomic mass is 31.2. The van der Waals surface area contributed by atoms with Gasteiger partial charge in [-0.2, -0.15) is 0 Å². The summed E-state index contributed by atoms with van der Waals surface area (Å²) in [7, 11) is -4.73. The van der Waals surface area contributed by atoms with Crippen LogP contribution in [0.2, 0.25) is 0 Å². The number of anilines is 1. The molecule has 0 amide bonds. The van der Waals surface area contributed by atoms with Crippen LogP contribution in [0.4, 0.5) is 5.82 Å². The third kappa shape index (κ3) is 7.67. The third-order valence-corrected chi connectivity index (χ3v) is 7.01. The number of aromatic nitrogens is 4. The van der Waals surface area contributed by atoms with Gasteiger partial charge in [0, 0.05) is 6.42 Å². The number of nitrogen functional groups attached to an aromatic ring is 1. The van der Waals surface area contributed by atoms with Gasteiger partial charge in [-0.3, -0.25) is 18.8 Å².